The van der Waals surface area contributed by atoms with Gasteiger partial charge in [-0.2, -0.15) is 4.84 Å². The second kappa shape index (κ2) is 9.94. The predicted octanol–water partition coefficient (Wildman–Crippen LogP) is 2.44. The molecule has 1 aliphatic heterocycles. The number of piperidine rings is 1. The molecule has 1 aromatic heterocycles. The number of benzene rings is 1. The van der Waals surface area contributed by atoms with E-state index in [9.17, 15) is 29.3 Å². The minimum atomic E-state index is -1.92. The zero-order valence-corrected chi connectivity index (χ0v) is 22.0. The molecule has 2 unspecified atom stereocenters. The number of Topliss-reactive ketones (excluding diaryl/α,β-unsaturated/α-hetero) is 2. The molecule has 0 N–H and O–H groups in total. The Kier molecular flexibility index (Phi) is 7.22. The van der Waals surface area contributed by atoms with E-state index in [0.717, 1.165) is 17.0 Å². The van der Waals surface area contributed by atoms with Gasteiger partial charge in [-0.15, -0.1) is 21.5 Å². The highest BCUT2D eigenvalue weighted by Crippen LogP contribution is 2.61. The minimum absolute atomic E-state index is 0.128. The van der Waals surface area contributed by atoms with Crippen LogP contribution in [0, 0.1) is 22.5 Å². The van der Waals surface area contributed by atoms with Crippen LogP contribution in [0.15, 0.2) is 24.3 Å². The molecule has 2 heterocycles. The number of non-ortho nitro benzene ring substituents is 1. The summed E-state index contributed by atoms with van der Waals surface area (Å²) in [5.41, 5.74) is -1.59. The van der Waals surface area contributed by atoms with Crippen LogP contribution >= 0.6 is 35.5 Å². The number of hydrogen-bond donors (Lipinski definition) is 0. The van der Waals surface area contributed by atoms with Crippen LogP contribution in [0.4, 0.5) is 10.5 Å². The second-order valence-electron chi connectivity index (χ2n) is 8.13. The molecule has 1 aliphatic carbocycles. The number of fused-ring (bicyclic) bond motifs is 1. The summed E-state index contributed by atoms with van der Waals surface area (Å²) in [4.78, 5) is 66.5. The van der Waals surface area contributed by atoms with E-state index in [1.54, 1.807) is 6.92 Å². The molecule has 4 rings (SSSR count). The first kappa shape index (κ1) is 26.9. The minimum Gasteiger partial charge on any atom is -0.429 e. The van der Waals surface area contributed by atoms with Crippen LogP contribution in [0.25, 0.3) is 0 Å². The van der Waals surface area contributed by atoms with Crippen molar-refractivity contribution in [2.24, 2.45) is 5.41 Å². The summed E-state index contributed by atoms with van der Waals surface area (Å²) in [6.45, 7) is 2.83. The Balaban J connectivity index is 1.43. The van der Waals surface area contributed by atoms with Gasteiger partial charge in [0.25, 0.3) is 16.9 Å². The molecule has 1 saturated carbocycles. The van der Waals surface area contributed by atoms with Crippen LogP contribution in [0.3, 0.4) is 0 Å². The molecule has 1 aromatic carbocycles. The largest absolute Gasteiger partial charge is 0.508 e. The molecule has 0 spiro atoms. The second-order valence-corrected chi connectivity index (χ2v) is 11.4. The standard InChI is InChI=1S/C21H19N4O9S3/c1-10(34-20(29)33-9-12-4-6-13(7-5-12)24(30)31)21-17(16(26)18(21)27)25(32-3,19(21)28)37-15(35)8-14-23-22-11(2)36-14/h4-7,10,17H,8-9H2,1-3H3/q+1/t10?,17-,21-,25?/m1/s1. The molecule has 0 radical (unpaired) electrons. The molecular formula is C21H19N4O9S3+. The molecule has 2 aromatic rings. The third-order valence-electron chi connectivity index (χ3n) is 6.05. The van der Waals surface area contributed by atoms with Crippen molar-refractivity contribution in [1.82, 2.24) is 10.2 Å². The fraction of sp³-hybridized carbons (Fsp3) is 0.381. The highest BCUT2D eigenvalue weighted by atomic mass is 32.2. The van der Waals surface area contributed by atoms with E-state index >= 15 is 0 Å². The van der Waals surface area contributed by atoms with Crippen molar-refractivity contribution in [3.05, 3.63) is 50.0 Å². The summed E-state index contributed by atoms with van der Waals surface area (Å²) in [7, 11) is 1.21. The van der Waals surface area contributed by atoms with Crippen molar-refractivity contribution in [3.8, 4) is 0 Å². The number of hydroxylamine groups is 2. The third kappa shape index (κ3) is 4.33. The van der Waals surface area contributed by atoms with Crippen molar-refractivity contribution in [3.63, 3.8) is 0 Å². The lowest BCUT2D eigenvalue weighted by molar-refractivity contribution is -0.977. The molecule has 194 valence electrons. The first-order valence-corrected chi connectivity index (χ1v) is 12.6. The number of aromatic nitrogens is 2. The number of carbonyl (C=O) groups excluding carboxylic acids is 4. The number of amides is 1. The quantitative estimate of drug-likeness (QED) is 0.0500. The number of nitro groups is 1. The number of ether oxygens (including phenoxy) is 2. The highest BCUT2D eigenvalue weighted by Gasteiger charge is 2.94. The van der Waals surface area contributed by atoms with Gasteiger partial charge in [0, 0.05) is 18.6 Å². The van der Waals surface area contributed by atoms with Gasteiger partial charge in [0.05, 0.1) is 12.0 Å². The summed E-state index contributed by atoms with van der Waals surface area (Å²) in [5.74, 6) is -2.59. The van der Waals surface area contributed by atoms with Gasteiger partial charge in [-0.05, 0) is 35.6 Å². The number of aryl methyl sites for hydroxylation is 1. The number of nitrogens with zero attached hydrogens (tertiary/aromatic N) is 4. The highest BCUT2D eigenvalue weighted by molar-refractivity contribution is 8.19. The fourth-order valence-electron chi connectivity index (χ4n) is 4.27. The molecular weight excluding hydrogens is 548 g/mol. The average Bonchev–Trinajstić information content (AvgIpc) is 3.27. The Labute approximate surface area is 222 Å². The van der Waals surface area contributed by atoms with Crippen molar-refractivity contribution in [1.29, 1.82) is 0 Å². The van der Waals surface area contributed by atoms with Gasteiger partial charge >= 0.3 is 12.1 Å². The molecule has 0 bridgehead atoms. The maximum Gasteiger partial charge on any atom is 0.508 e. The van der Waals surface area contributed by atoms with E-state index in [1.807, 2.05) is 0 Å². The zero-order valence-electron chi connectivity index (χ0n) is 19.6. The summed E-state index contributed by atoms with van der Waals surface area (Å²) >= 11 is 7.52. The molecule has 4 atom stereocenters. The Morgan fingerprint density at radius 2 is 1.97 bits per heavy atom. The summed E-state index contributed by atoms with van der Waals surface area (Å²) < 4.78 is 9.62. The molecule has 13 nitrogen and oxygen atoms in total. The third-order valence-corrected chi connectivity index (χ3v) is 8.40. The monoisotopic (exact) mass is 567 g/mol. The lowest BCUT2D eigenvalue weighted by Crippen LogP contribution is -2.92. The fourth-order valence-corrected chi connectivity index (χ4v) is 6.82. The summed E-state index contributed by atoms with van der Waals surface area (Å²) in [6.07, 6.45) is -2.32. The Hall–Kier alpha value is -3.18. The van der Waals surface area contributed by atoms with Crippen molar-refractivity contribution in [2.45, 2.75) is 39.0 Å². The Bertz CT molecular complexity index is 1330. The van der Waals surface area contributed by atoms with Gasteiger partial charge in [-0.1, -0.05) is 12.2 Å². The number of rotatable bonds is 9. The number of carbonyl (C=O) groups is 4. The van der Waals surface area contributed by atoms with Gasteiger partial charge in [-0.3, -0.25) is 19.7 Å². The number of ketones is 2. The average molecular weight is 568 g/mol. The predicted molar refractivity (Wildman–Crippen MR) is 131 cm³/mol. The van der Waals surface area contributed by atoms with Crippen LogP contribution in [0.2, 0.25) is 0 Å². The maximum atomic E-state index is 13.4. The zero-order chi connectivity index (χ0) is 27.1. The molecule has 37 heavy (non-hydrogen) atoms. The molecule has 1 amide bonds. The van der Waals surface area contributed by atoms with Crippen molar-refractivity contribution < 1.29 is 42.5 Å². The van der Waals surface area contributed by atoms with Crippen LogP contribution in [-0.2, 0) is 41.7 Å². The first-order chi connectivity index (χ1) is 17.5. The number of nitro benzene ring substituents is 1. The topological polar surface area (TPSA) is 165 Å². The molecule has 16 heteroatoms. The van der Waals surface area contributed by atoms with E-state index in [1.165, 1.54) is 49.6 Å². The van der Waals surface area contributed by atoms with E-state index in [-0.39, 0.29) is 18.7 Å². The number of quaternary nitrogens is 1. The van der Waals surface area contributed by atoms with Crippen LogP contribution in [-0.4, -0.2) is 66.3 Å². The normalized spacial score (nSPS) is 24.9. The smallest absolute Gasteiger partial charge is 0.429 e. The van der Waals surface area contributed by atoms with Crippen molar-refractivity contribution >= 4 is 69.0 Å². The van der Waals surface area contributed by atoms with Crippen molar-refractivity contribution in [2.75, 3.05) is 7.11 Å². The van der Waals surface area contributed by atoms with Gasteiger partial charge in [0.15, 0.2) is 11.9 Å². The number of thiocarbonyl (C=S) groups is 1. The molecule has 2 fully saturated rings. The number of hydrogen-bond acceptors (Lipinski definition) is 14. The Morgan fingerprint density at radius 3 is 2.54 bits per heavy atom. The lowest BCUT2D eigenvalue weighted by Gasteiger charge is -2.59. The Morgan fingerprint density at radius 1 is 1.30 bits per heavy atom. The summed E-state index contributed by atoms with van der Waals surface area (Å²) in [5, 5.41) is 20.0. The first-order valence-electron chi connectivity index (χ1n) is 10.6. The summed E-state index contributed by atoms with van der Waals surface area (Å²) in [6, 6.07) is 4.05. The van der Waals surface area contributed by atoms with Gasteiger partial charge in [0.2, 0.25) is 11.8 Å². The van der Waals surface area contributed by atoms with Crippen LogP contribution in [0.1, 0.15) is 22.5 Å². The van der Waals surface area contributed by atoms with Gasteiger partial charge < -0.3 is 9.47 Å². The van der Waals surface area contributed by atoms with Crippen LogP contribution < -0.4 is 0 Å². The van der Waals surface area contributed by atoms with E-state index in [0.29, 0.717) is 14.8 Å². The molecule has 2 aliphatic rings. The van der Waals surface area contributed by atoms with Crippen LogP contribution in [0.5, 0.6) is 0 Å². The van der Waals surface area contributed by atoms with E-state index in [2.05, 4.69) is 10.2 Å². The van der Waals surface area contributed by atoms with E-state index < -0.39 is 50.2 Å². The molecule has 1 saturated heterocycles. The number of β-lactam (4-membered cyclic amide) rings is 1. The van der Waals surface area contributed by atoms with Gasteiger partial charge in [-0.25, -0.2) is 9.59 Å². The SMILES string of the molecule is CO[N+]1(SC(=S)Cc2nnc(C)s2)C(=O)[C@@]2(C(C)OC(=O)OCc3ccc([N+](=O)[O-])cc3)C(=O)C(=O)[C@H]21. The maximum absolute atomic E-state index is 13.4. The van der Waals surface area contributed by atoms with E-state index in [4.69, 9.17) is 26.5 Å². The van der Waals surface area contributed by atoms with Gasteiger partial charge in [0.1, 0.15) is 26.9 Å². The lowest BCUT2D eigenvalue weighted by atomic mass is 9.53.